The number of carbonyl (C=O) groups is 3. The van der Waals surface area contributed by atoms with Gasteiger partial charge in [-0.3, -0.25) is 9.59 Å². The Morgan fingerprint density at radius 3 is 2.26 bits per heavy atom. The van der Waals surface area contributed by atoms with Crippen molar-refractivity contribution < 1.29 is 23.9 Å². The highest BCUT2D eigenvalue weighted by Gasteiger charge is 2.28. The van der Waals surface area contributed by atoms with E-state index in [1.807, 2.05) is 0 Å². The molecule has 7 heteroatoms. The second-order valence-electron chi connectivity index (χ2n) is 5.62. The van der Waals surface area contributed by atoms with Gasteiger partial charge >= 0.3 is 5.97 Å². The van der Waals surface area contributed by atoms with E-state index < -0.39 is 35.7 Å². The van der Waals surface area contributed by atoms with E-state index in [-0.39, 0.29) is 17.9 Å². The second-order valence-corrected chi connectivity index (χ2v) is 5.62. The van der Waals surface area contributed by atoms with E-state index in [0.29, 0.717) is 0 Å². The van der Waals surface area contributed by atoms with E-state index in [2.05, 4.69) is 10.6 Å². The van der Waals surface area contributed by atoms with Crippen molar-refractivity contribution in [3.05, 3.63) is 35.6 Å². The van der Waals surface area contributed by atoms with Crippen LogP contribution in [0.5, 0.6) is 0 Å². The molecule has 2 amide bonds. The van der Waals surface area contributed by atoms with E-state index in [4.69, 9.17) is 5.11 Å². The molecule has 1 aromatic carbocycles. The maximum absolute atomic E-state index is 13.7. The Kier molecular flexibility index (Phi) is 6.68. The molecule has 0 saturated carbocycles. The Morgan fingerprint density at radius 2 is 1.78 bits per heavy atom. The Hall–Kier alpha value is -2.44. The minimum Gasteiger partial charge on any atom is -0.480 e. The lowest BCUT2D eigenvalue weighted by molar-refractivity contribution is -0.143. The van der Waals surface area contributed by atoms with Crippen LogP contribution >= 0.6 is 0 Å². The van der Waals surface area contributed by atoms with Crippen LogP contribution in [0, 0.1) is 11.7 Å². The maximum atomic E-state index is 13.7. The molecule has 6 nitrogen and oxygen atoms in total. The third-order valence-electron chi connectivity index (χ3n) is 3.31. The quantitative estimate of drug-likeness (QED) is 0.700. The number of rotatable bonds is 7. The van der Waals surface area contributed by atoms with Crippen LogP contribution in [0.25, 0.3) is 0 Å². The van der Waals surface area contributed by atoms with Gasteiger partial charge in [-0.15, -0.1) is 0 Å². The van der Waals surface area contributed by atoms with Gasteiger partial charge in [0.2, 0.25) is 11.8 Å². The first kappa shape index (κ1) is 18.6. The standard InChI is InChI=1S/C16H21FN2O4/c1-9(2)14(16(22)23)19-15(21)13(18-10(3)20)8-11-6-4-5-7-12(11)17/h4-7,9,13-14H,8H2,1-3H3,(H,18,20)(H,19,21)(H,22,23)/t13-,14+/m1/s1. The molecule has 1 rings (SSSR count). The fourth-order valence-electron chi connectivity index (χ4n) is 2.11. The van der Waals surface area contributed by atoms with Gasteiger partial charge in [0.15, 0.2) is 0 Å². The van der Waals surface area contributed by atoms with Crippen molar-refractivity contribution in [2.75, 3.05) is 0 Å². The van der Waals surface area contributed by atoms with Crippen molar-refractivity contribution in [3.8, 4) is 0 Å². The van der Waals surface area contributed by atoms with Crippen molar-refractivity contribution in [1.82, 2.24) is 10.6 Å². The highest BCUT2D eigenvalue weighted by molar-refractivity contribution is 5.90. The smallest absolute Gasteiger partial charge is 0.326 e. The molecular weight excluding hydrogens is 303 g/mol. The lowest BCUT2D eigenvalue weighted by Gasteiger charge is -2.23. The Balaban J connectivity index is 2.92. The van der Waals surface area contributed by atoms with Gasteiger partial charge in [-0.1, -0.05) is 32.0 Å². The molecule has 3 N–H and O–H groups in total. The van der Waals surface area contributed by atoms with Gasteiger partial charge in [-0.25, -0.2) is 9.18 Å². The zero-order valence-electron chi connectivity index (χ0n) is 13.3. The Morgan fingerprint density at radius 1 is 1.17 bits per heavy atom. The number of carboxylic acid groups (broad SMARTS) is 1. The average molecular weight is 324 g/mol. The minimum absolute atomic E-state index is 0.0669. The van der Waals surface area contributed by atoms with Crippen LogP contribution in [0.1, 0.15) is 26.3 Å². The number of hydrogen-bond acceptors (Lipinski definition) is 3. The van der Waals surface area contributed by atoms with Crippen molar-refractivity contribution in [3.63, 3.8) is 0 Å². The molecule has 0 aromatic heterocycles. The molecule has 0 unspecified atom stereocenters. The predicted octanol–water partition coefficient (Wildman–Crippen LogP) is 1.10. The van der Waals surface area contributed by atoms with E-state index >= 15 is 0 Å². The summed E-state index contributed by atoms with van der Waals surface area (Å²) < 4.78 is 13.7. The zero-order valence-corrected chi connectivity index (χ0v) is 13.3. The van der Waals surface area contributed by atoms with Crippen molar-refractivity contribution in [1.29, 1.82) is 0 Å². The van der Waals surface area contributed by atoms with Gasteiger partial charge in [0.25, 0.3) is 0 Å². The summed E-state index contributed by atoms with van der Waals surface area (Å²) in [5.41, 5.74) is 0.262. The van der Waals surface area contributed by atoms with Crippen molar-refractivity contribution >= 4 is 17.8 Å². The molecule has 0 bridgehead atoms. The highest BCUT2D eigenvalue weighted by atomic mass is 19.1. The first-order valence-electron chi connectivity index (χ1n) is 7.26. The van der Waals surface area contributed by atoms with Gasteiger partial charge in [0, 0.05) is 13.3 Å². The molecule has 0 aliphatic heterocycles. The number of carboxylic acids is 1. The van der Waals surface area contributed by atoms with E-state index in [9.17, 15) is 18.8 Å². The summed E-state index contributed by atoms with van der Waals surface area (Å²) in [7, 11) is 0. The fraction of sp³-hybridized carbons (Fsp3) is 0.438. The van der Waals surface area contributed by atoms with E-state index in [1.165, 1.54) is 25.1 Å². The molecule has 0 fully saturated rings. The molecule has 126 valence electrons. The third-order valence-corrected chi connectivity index (χ3v) is 3.31. The van der Waals surface area contributed by atoms with Gasteiger partial charge in [0.05, 0.1) is 0 Å². The lowest BCUT2D eigenvalue weighted by Crippen LogP contribution is -2.53. The summed E-state index contributed by atoms with van der Waals surface area (Å²) in [5, 5.41) is 13.9. The predicted molar refractivity (Wildman–Crippen MR) is 82.1 cm³/mol. The first-order valence-corrected chi connectivity index (χ1v) is 7.26. The molecule has 23 heavy (non-hydrogen) atoms. The summed E-state index contributed by atoms with van der Waals surface area (Å²) in [4.78, 5) is 34.8. The Bertz CT molecular complexity index is 589. The molecule has 0 radical (unpaired) electrons. The van der Waals surface area contributed by atoms with E-state index in [0.717, 1.165) is 0 Å². The molecule has 0 aliphatic carbocycles. The van der Waals surface area contributed by atoms with Crippen LogP contribution < -0.4 is 10.6 Å². The van der Waals surface area contributed by atoms with Crippen molar-refractivity contribution in [2.45, 2.75) is 39.3 Å². The normalized spacial score (nSPS) is 13.3. The summed E-state index contributed by atoms with van der Waals surface area (Å²) in [6, 6.07) is 3.77. The Labute approximate surface area is 134 Å². The number of amides is 2. The fourth-order valence-corrected chi connectivity index (χ4v) is 2.11. The molecule has 0 spiro atoms. The van der Waals surface area contributed by atoms with Gasteiger partial charge < -0.3 is 15.7 Å². The SMILES string of the molecule is CC(=O)N[C@H](Cc1ccccc1F)C(=O)N[C@H](C(=O)O)C(C)C. The molecule has 0 heterocycles. The summed E-state index contributed by atoms with van der Waals surface area (Å²) in [6.45, 7) is 4.55. The minimum atomic E-state index is -1.17. The summed E-state index contributed by atoms with van der Waals surface area (Å²) in [5.74, 6) is -3.11. The van der Waals surface area contributed by atoms with Gasteiger partial charge in [-0.2, -0.15) is 0 Å². The summed E-state index contributed by atoms with van der Waals surface area (Å²) in [6.07, 6.45) is -0.0669. The molecule has 0 aliphatic rings. The van der Waals surface area contributed by atoms with Crippen LogP contribution in [-0.2, 0) is 20.8 Å². The van der Waals surface area contributed by atoms with Gasteiger partial charge in [-0.05, 0) is 17.5 Å². The number of carbonyl (C=O) groups excluding carboxylic acids is 2. The number of halogens is 1. The number of hydrogen-bond donors (Lipinski definition) is 3. The molecule has 1 aromatic rings. The van der Waals surface area contributed by atoms with Gasteiger partial charge in [0.1, 0.15) is 17.9 Å². The second kappa shape index (κ2) is 8.26. The topological polar surface area (TPSA) is 95.5 Å². The van der Waals surface area contributed by atoms with Crippen LogP contribution in [-0.4, -0.2) is 35.0 Å². The van der Waals surface area contributed by atoms with Crippen LogP contribution in [0.2, 0.25) is 0 Å². The van der Waals surface area contributed by atoms with Crippen molar-refractivity contribution in [2.24, 2.45) is 5.92 Å². The monoisotopic (exact) mass is 324 g/mol. The third kappa shape index (κ3) is 5.69. The molecular formula is C16H21FN2O4. The number of aliphatic carboxylic acids is 1. The van der Waals surface area contributed by atoms with Crippen LogP contribution in [0.3, 0.4) is 0 Å². The largest absolute Gasteiger partial charge is 0.480 e. The molecule has 2 atom stereocenters. The highest BCUT2D eigenvalue weighted by Crippen LogP contribution is 2.10. The van der Waals surface area contributed by atoms with Crippen LogP contribution in [0.4, 0.5) is 4.39 Å². The average Bonchev–Trinajstić information content (AvgIpc) is 2.44. The number of benzene rings is 1. The van der Waals surface area contributed by atoms with Crippen LogP contribution in [0.15, 0.2) is 24.3 Å². The maximum Gasteiger partial charge on any atom is 0.326 e. The summed E-state index contributed by atoms with van der Waals surface area (Å²) >= 11 is 0. The zero-order chi connectivity index (χ0) is 17.6. The molecule has 0 saturated heterocycles. The lowest BCUT2D eigenvalue weighted by atomic mass is 10.0. The van der Waals surface area contributed by atoms with E-state index in [1.54, 1.807) is 19.9 Å². The number of nitrogens with one attached hydrogen (secondary N) is 2. The first-order chi connectivity index (χ1) is 10.7.